The third-order valence-corrected chi connectivity index (χ3v) is 1.72. The van der Waals surface area contributed by atoms with E-state index in [1.807, 2.05) is 18.2 Å². The minimum Gasteiger partial charge on any atom is -0.249 e. The third kappa shape index (κ3) is 3.03. The lowest BCUT2D eigenvalue weighted by molar-refractivity contribution is 1.14. The first-order valence-corrected chi connectivity index (χ1v) is 4.03. The van der Waals surface area contributed by atoms with Crippen LogP contribution in [0.4, 0.5) is 0 Å². The molecule has 0 amide bonds. The molecule has 0 N–H and O–H groups in total. The zero-order valence-electron chi connectivity index (χ0n) is 4.61. The van der Waals surface area contributed by atoms with Crippen molar-refractivity contribution in [3.8, 4) is 0 Å². The Kier molecular flexibility index (Phi) is 5.13. The van der Waals surface area contributed by atoms with Gasteiger partial charge in [-0.25, -0.2) is 4.98 Å². The van der Waals surface area contributed by atoms with E-state index in [0.29, 0.717) is 0 Å². The van der Waals surface area contributed by atoms with Crippen LogP contribution in [0.1, 0.15) is 0 Å². The van der Waals surface area contributed by atoms with Gasteiger partial charge in [0.1, 0.15) is 5.03 Å². The van der Waals surface area contributed by atoms with E-state index in [1.54, 1.807) is 6.20 Å². The summed E-state index contributed by atoms with van der Waals surface area (Å²) < 4.78 is 0. The molecule has 0 saturated heterocycles. The molecule has 0 aliphatic rings. The van der Waals surface area contributed by atoms with Crippen LogP contribution in [0.3, 0.4) is 0 Å². The Labute approximate surface area is 70.5 Å². The molecule has 1 aromatic rings. The van der Waals surface area contributed by atoms with Crippen LogP contribution in [-0.4, -0.2) is 4.98 Å². The second-order valence-electron chi connectivity index (χ2n) is 1.26. The lowest BCUT2D eigenvalue weighted by Crippen LogP contribution is -1.69. The van der Waals surface area contributed by atoms with E-state index < -0.39 is 0 Å². The van der Waals surface area contributed by atoms with Crippen LogP contribution in [-0.2, 0) is 0 Å². The average molecular weight is 177 g/mol. The quantitative estimate of drug-likeness (QED) is 0.521. The molecular formula is C5H7NS3. The van der Waals surface area contributed by atoms with Gasteiger partial charge in [-0.2, -0.15) is 13.5 Å². The Morgan fingerprint density at radius 3 is 2.56 bits per heavy atom. The SMILES string of the molecule is S.SSc1ccccn1. The summed E-state index contributed by atoms with van der Waals surface area (Å²) in [7, 11) is 1.35. The van der Waals surface area contributed by atoms with Crippen molar-refractivity contribution in [2.24, 2.45) is 0 Å². The molecule has 0 bridgehead atoms. The normalized spacial score (nSPS) is 8.11. The zero-order chi connectivity index (χ0) is 5.82. The number of thiol groups is 1. The fourth-order valence-electron chi connectivity index (χ4n) is 0.401. The monoisotopic (exact) mass is 177 g/mol. The summed E-state index contributed by atoms with van der Waals surface area (Å²) >= 11 is 3.96. The van der Waals surface area contributed by atoms with Crippen molar-refractivity contribution in [3.63, 3.8) is 0 Å². The summed E-state index contributed by atoms with van der Waals surface area (Å²) in [5, 5.41) is 0.941. The van der Waals surface area contributed by atoms with Crippen molar-refractivity contribution in [1.29, 1.82) is 0 Å². The minimum absolute atomic E-state index is 0. The van der Waals surface area contributed by atoms with Gasteiger partial charge in [0.2, 0.25) is 0 Å². The Morgan fingerprint density at radius 1 is 1.44 bits per heavy atom. The van der Waals surface area contributed by atoms with Gasteiger partial charge in [0.15, 0.2) is 0 Å². The molecule has 0 spiro atoms. The van der Waals surface area contributed by atoms with Gasteiger partial charge in [-0.15, -0.1) is 11.7 Å². The number of hydrogen-bond acceptors (Lipinski definition) is 3. The van der Waals surface area contributed by atoms with Crippen LogP contribution in [0.2, 0.25) is 0 Å². The molecule has 1 heterocycles. The predicted molar refractivity (Wildman–Crippen MR) is 49.5 cm³/mol. The predicted octanol–water partition coefficient (Wildman–Crippen LogP) is 2.13. The molecule has 1 nitrogen and oxygen atoms in total. The lowest BCUT2D eigenvalue weighted by Gasteiger charge is -1.87. The Morgan fingerprint density at radius 2 is 2.22 bits per heavy atom. The standard InChI is InChI=1S/C5H5NS2.H2S/c7-8-5-3-1-2-4-6-5;/h1-4,7H;1H2. The average Bonchev–Trinajstić information content (AvgIpc) is 1.90. The molecule has 0 fully saturated rings. The summed E-state index contributed by atoms with van der Waals surface area (Å²) in [4.78, 5) is 3.98. The summed E-state index contributed by atoms with van der Waals surface area (Å²) in [6, 6.07) is 5.73. The van der Waals surface area contributed by atoms with Gasteiger partial charge in [0.25, 0.3) is 0 Å². The lowest BCUT2D eigenvalue weighted by atomic mass is 10.5. The Hall–Kier alpha value is 0.200. The van der Waals surface area contributed by atoms with Crippen molar-refractivity contribution >= 4 is 36.0 Å². The molecule has 0 unspecified atom stereocenters. The fourth-order valence-corrected chi connectivity index (χ4v) is 0.973. The second-order valence-corrected chi connectivity index (χ2v) is 2.41. The highest BCUT2D eigenvalue weighted by Crippen LogP contribution is 2.16. The van der Waals surface area contributed by atoms with E-state index in [0.717, 1.165) is 5.03 Å². The molecule has 4 heteroatoms. The fraction of sp³-hybridized carbons (Fsp3) is 0. The first-order chi connectivity index (χ1) is 3.93. The third-order valence-electron chi connectivity index (χ3n) is 0.731. The van der Waals surface area contributed by atoms with E-state index in [-0.39, 0.29) is 13.5 Å². The van der Waals surface area contributed by atoms with E-state index in [1.165, 1.54) is 10.8 Å². The van der Waals surface area contributed by atoms with Gasteiger partial charge >= 0.3 is 0 Å². The van der Waals surface area contributed by atoms with E-state index in [9.17, 15) is 0 Å². The molecule has 0 atom stereocenters. The van der Waals surface area contributed by atoms with Crippen LogP contribution in [0.25, 0.3) is 0 Å². The van der Waals surface area contributed by atoms with Gasteiger partial charge in [-0.3, -0.25) is 0 Å². The molecule has 0 radical (unpaired) electrons. The highest BCUT2D eigenvalue weighted by molar-refractivity contribution is 8.68. The molecule has 9 heavy (non-hydrogen) atoms. The van der Waals surface area contributed by atoms with Gasteiger partial charge in [-0.1, -0.05) is 6.07 Å². The van der Waals surface area contributed by atoms with Crippen LogP contribution < -0.4 is 0 Å². The molecular weight excluding hydrogens is 170 g/mol. The van der Waals surface area contributed by atoms with Crippen LogP contribution in [0.5, 0.6) is 0 Å². The summed E-state index contributed by atoms with van der Waals surface area (Å²) in [6.07, 6.45) is 1.75. The van der Waals surface area contributed by atoms with E-state index in [2.05, 4.69) is 16.6 Å². The number of pyridine rings is 1. The molecule has 0 aromatic carbocycles. The molecule has 0 aliphatic heterocycles. The smallest absolute Gasteiger partial charge is 0.106 e. The van der Waals surface area contributed by atoms with Gasteiger partial charge in [-0.05, 0) is 22.9 Å². The molecule has 50 valence electrons. The Bertz CT molecular complexity index is 154. The van der Waals surface area contributed by atoms with Crippen molar-refractivity contribution in [1.82, 2.24) is 4.98 Å². The first kappa shape index (κ1) is 9.20. The molecule has 0 saturated carbocycles. The maximum Gasteiger partial charge on any atom is 0.106 e. The largest absolute Gasteiger partial charge is 0.249 e. The number of hydrogen-bond donors (Lipinski definition) is 1. The molecule has 1 rings (SSSR count). The second kappa shape index (κ2) is 5.02. The summed E-state index contributed by atoms with van der Waals surface area (Å²) in [6.45, 7) is 0. The first-order valence-electron chi connectivity index (χ1n) is 2.16. The maximum atomic E-state index is 3.98. The zero-order valence-corrected chi connectivity index (χ0v) is 7.32. The van der Waals surface area contributed by atoms with E-state index in [4.69, 9.17) is 0 Å². The highest BCUT2D eigenvalue weighted by Gasteiger charge is 1.83. The van der Waals surface area contributed by atoms with Gasteiger partial charge < -0.3 is 0 Å². The van der Waals surface area contributed by atoms with Crippen LogP contribution >= 0.6 is 36.0 Å². The molecule has 0 aliphatic carbocycles. The topological polar surface area (TPSA) is 12.9 Å². The summed E-state index contributed by atoms with van der Waals surface area (Å²) in [5.41, 5.74) is 0. The Balaban J connectivity index is 0.000000640. The van der Waals surface area contributed by atoms with Crippen molar-refractivity contribution < 1.29 is 0 Å². The van der Waals surface area contributed by atoms with Gasteiger partial charge in [0, 0.05) is 6.20 Å². The molecule has 1 aromatic heterocycles. The number of rotatable bonds is 1. The highest BCUT2D eigenvalue weighted by atomic mass is 33.1. The van der Waals surface area contributed by atoms with E-state index >= 15 is 0 Å². The van der Waals surface area contributed by atoms with Crippen molar-refractivity contribution in [2.75, 3.05) is 0 Å². The van der Waals surface area contributed by atoms with Crippen molar-refractivity contribution in [2.45, 2.75) is 5.03 Å². The van der Waals surface area contributed by atoms with Gasteiger partial charge in [0.05, 0.1) is 0 Å². The maximum absolute atomic E-state index is 3.98. The summed E-state index contributed by atoms with van der Waals surface area (Å²) in [5.74, 6) is 0. The van der Waals surface area contributed by atoms with Crippen LogP contribution in [0.15, 0.2) is 29.4 Å². The number of nitrogens with zero attached hydrogens (tertiary/aromatic N) is 1. The number of aromatic nitrogens is 1. The van der Waals surface area contributed by atoms with Crippen molar-refractivity contribution in [3.05, 3.63) is 24.4 Å². The van der Waals surface area contributed by atoms with Crippen LogP contribution in [0, 0.1) is 0 Å². The minimum atomic E-state index is 0.